The summed E-state index contributed by atoms with van der Waals surface area (Å²) in [6.45, 7) is 1.38. The predicted octanol–water partition coefficient (Wildman–Crippen LogP) is 0.982. The largest absolute Gasteiger partial charge is 0.496 e. The normalized spacial score (nSPS) is 9.88. The number of carbonyl (C=O) groups is 2. The summed E-state index contributed by atoms with van der Waals surface area (Å²) in [5, 5.41) is 17.9. The van der Waals surface area contributed by atoms with Gasteiger partial charge in [-0.3, -0.25) is 0 Å². The topological polar surface area (TPSA) is 110 Å². The maximum absolute atomic E-state index is 11.0. The molecule has 6 nitrogen and oxygen atoms in total. The van der Waals surface area contributed by atoms with Gasteiger partial charge >= 0.3 is 11.9 Å². The average molecular weight is 225 g/mol. The molecule has 0 heterocycles. The molecule has 86 valence electrons. The lowest BCUT2D eigenvalue weighted by Gasteiger charge is -2.12. The van der Waals surface area contributed by atoms with E-state index in [0.717, 1.165) is 0 Å². The van der Waals surface area contributed by atoms with Gasteiger partial charge in [0.05, 0.1) is 18.4 Å². The molecule has 0 saturated heterocycles. The van der Waals surface area contributed by atoms with E-state index in [-0.39, 0.29) is 28.1 Å². The van der Waals surface area contributed by atoms with E-state index in [4.69, 9.17) is 20.7 Å². The molecule has 0 spiro atoms. The van der Waals surface area contributed by atoms with E-state index >= 15 is 0 Å². The number of nitrogens with two attached hydrogens (primary N) is 1. The van der Waals surface area contributed by atoms with Crippen molar-refractivity contribution in [2.75, 3.05) is 12.8 Å². The Bertz CT molecular complexity index is 467. The quantitative estimate of drug-likeness (QED) is 0.661. The third-order valence-corrected chi connectivity index (χ3v) is 2.22. The van der Waals surface area contributed by atoms with Gasteiger partial charge in [-0.15, -0.1) is 0 Å². The molecule has 1 aromatic rings. The van der Waals surface area contributed by atoms with E-state index in [2.05, 4.69) is 0 Å². The maximum Gasteiger partial charge on any atom is 0.339 e. The monoisotopic (exact) mass is 225 g/mol. The van der Waals surface area contributed by atoms with Gasteiger partial charge in [0, 0.05) is 6.07 Å². The summed E-state index contributed by atoms with van der Waals surface area (Å²) in [5.41, 5.74) is 5.18. The third-order valence-electron chi connectivity index (χ3n) is 2.22. The molecule has 0 fully saturated rings. The van der Waals surface area contributed by atoms with E-state index in [0.29, 0.717) is 0 Å². The summed E-state index contributed by atoms with van der Waals surface area (Å²) >= 11 is 0. The van der Waals surface area contributed by atoms with Crippen LogP contribution in [0.3, 0.4) is 0 Å². The fourth-order valence-corrected chi connectivity index (χ4v) is 1.52. The number of carboxylic acid groups (broad SMARTS) is 2. The van der Waals surface area contributed by atoms with Crippen molar-refractivity contribution >= 4 is 17.6 Å². The van der Waals surface area contributed by atoms with Gasteiger partial charge in [-0.25, -0.2) is 9.59 Å². The van der Waals surface area contributed by atoms with Crippen molar-refractivity contribution in [1.82, 2.24) is 0 Å². The molecule has 0 aliphatic carbocycles. The van der Waals surface area contributed by atoms with Crippen LogP contribution in [0.15, 0.2) is 6.07 Å². The van der Waals surface area contributed by atoms with Crippen LogP contribution in [0, 0.1) is 6.92 Å². The second-order valence-corrected chi connectivity index (χ2v) is 3.15. The molecule has 0 aromatic heterocycles. The highest BCUT2D eigenvalue weighted by Gasteiger charge is 2.22. The van der Waals surface area contributed by atoms with Crippen molar-refractivity contribution in [3.05, 3.63) is 22.8 Å². The van der Waals surface area contributed by atoms with E-state index in [1.165, 1.54) is 20.1 Å². The van der Waals surface area contributed by atoms with Gasteiger partial charge in [0.15, 0.2) is 0 Å². The lowest BCUT2D eigenvalue weighted by molar-refractivity contribution is 0.0692. The van der Waals surface area contributed by atoms with Crippen molar-refractivity contribution in [2.45, 2.75) is 6.92 Å². The second-order valence-electron chi connectivity index (χ2n) is 3.15. The van der Waals surface area contributed by atoms with Crippen LogP contribution in [0.1, 0.15) is 26.3 Å². The molecular formula is C10H11NO5. The standard InChI is InChI=1S/C10H11NO5/c1-4-7(9(12)13)5(11)3-6(16-2)8(4)10(14)15/h3H,11H2,1-2H3,(H,12,13)(H,14,15). The minimum atomic E-state index is -1.26. The van der Waals surface area contributed by atoms with E-state index in [9.17, 15) is 9.59 Å². The molecule has 0 unspecified atom stereocenters. The Hall–Kier alpha value is -2.24. The van der Waals surface area contributed by atoms with Gasteiger partial charge < -0.3 is 20.7 Å². The highest BCUT2D eigenvalue weighted by Crippen LogP contribution is 2.30. The fraction of sp³-hybridized carbons (Fsp3) is 0.200. The molecule has 0 radical (unpaired) electrons. The van der Waals surface area contributed by atoms with Gasteiger partial charge in [0.25, 0.3) is 0 Å². The van der Waals surface area contributed by atoms with E-state index < -0.39 is 11.9 Å². The number of ether oxygens (including phenoxy) is 1. The molecule has 0 amide bonds. The Morgan fingerprint density at radius 1 is 1.25 bits per heavy atom. The number of aromatic carboxylic acids is 2. The molecule has 1 rings (SSSR count). The number of hydrogen-bond acceptors (Lipinski definition) is 4. The SMILES string of the molecule is COc1cc(N)c(C(=O)O)c(C)c1C(=O)O. The Morgan fingerprint density at radius 2 is 1.75 bits per heavy atom. The molecule has 0 aliphatic heterocycles. The lowest BCUT2D eigenvalue weighted by atomic mass is 9.99. The maximum atomic E-state index is 11.0. The van der Waals surface area contributed by atoms with Crippen LogP contribution < -0.4 is 10.5 Å². The minimum absolute atomic E-state index is 0.0214. The molecular weight excluding hydrogens is 214 g/mol. The Labute approximate surface area is 91.3 Å². The molecule has 0 saturated carbocycles. The van der Waals surface area contributed by atoms with Crippen LogP contribution in [0.25, 0.3) is 0 Å². The van der Waals surface area contributed by atoms with Crippen LogP contribution in [-0.2, 0) is 0 Å². The van der Waals surface area contributed by atoms with Crippen molar-refractivity contribution in [2.24, 2.45) is 0 Å². The highest BCUT2D eigenvalue weighted by molar-refractivity contribution is 6.02. The first kappa shape index (κ1) is 11.8. The third kappa shape index (κ3) is 1.77. The zero-order valence-corrected chi connectivity index (χ0v) is 8.77. The van der Waals surface area contributed by atoms with Crippen LogP contribution in [0.5, 0.6) is 5.75 Å². The van der Waals surface area contributed by atoms with Crippen molar-refractivity contribution in [1.29, 1.82) is 0 Å². The minimum Gasteiger partial charge on any atom is -0.496 e. The number of methoxy groups -OCH3 is 1. The summed E-state index contributed by atoms with van der Waals surface area (Å²) in [5.74, 6) is -2.47. The van der Waals surface area contributed by atoms with Gasteiger partial charge in [-0.05, 0) is 12.5 Å². The van der Waals surface area contributed by atoms with Crippen LogP contribution in [0.4, 0.5) is 5.69 Å². The number of rotatable bonds is 3. The Balaban J connectivity index is 3.65. The first-order chi connectivity index (χ1) is 7.40. The summed E-state index contributed by atoms with van der Waals surface area (Å²) < 4.78 is 4.85. The Kier molecular flexibility index (Phi) is 3.03. The summed E-state index contributed by atoms with van der Waals surface area (Å²) in [6.07, 6.45) is 0. The zero-order valence-electron chi connectivity index (χ0n) is 8.77. The number of hydrogen-bond donors (Lipinski definition) is 3. The molecule has 1 aromatic carbocycles. The van der Waals surface area contributed by atoms with Gasteiger partial charge in [0.2, 0.25) is 0 Å². The van der Waals surface area contributed by atoms with Gasteiger partial charge in [-0.1, -0.05) is 0 Å². The predicted molar refractivity (Wildman–Crippen MR) is 56.1 cm³/mol. The van der Waals surface area contributed by atoms with E-state index in [1.807, 2.05) is 0 Å². The molecule has 0 aliphatic rings. The molecule has 4 N–H and O–H groups in total. The summed E-state index contributed by atoms with van der Waals surface area (Å²) in [4.78, 5) is 21.9. The summed E-state index contributed by atoms with van der Waals surface area (Å²) in [6, 6.07) is 1.19. The highest BCUT2D eigenvalue weighted by atomic mass is 16.5. The number of nitrogen functional groups attached to an aromatic ring is 1. The molecule has 16 heavy (non-hydrogen) atoms. The van der Waals surface area contributed by atoms with E-state index in [1.54, 1.807) is 0 Å². The lowest BCUT2D eigenvalue weighted by Crippen LogP contribution is -2.12. The second kappa shape index (κ2) is 4.09. The number of benzene rings is 1. The number of anilines is 1. The fourth-order valence-electron chi connectivity index (χ4n) is 1.52. The Morgan fingerprint density at radius 3 is 2.12 bits per heavy atom. The van der Waals surface area contributed by atoms with Crippen molar-refractivity contribution in [3.8, 4) is 5.75 Å². The van der Waals surface area contributed by atoms with Gasteiger partial charge in [-0.2, -0.15) is 0 Å². The van der Waals surface area contributed by atoms with Crippen molar-refractivity contribution in [3.63, 3.8) is 0 Å². The average Bonchev–Trinajstić information content (AvgIpc) is 2.14. The molecule has 6 heteroatoms. The van der Waals surface area contributed by atoms with Crippen LogP contribution in [-0.4, -0.2) is 29.3 Å². The smallest absolute Gasteiger partial charge is 0.339 e. The van der Waals surface area contributed by atoms with Gasteiger partial charge in [0.1, 0.15) is 11.3 Å². The van der Waals surface area contributed by atoms with Crippen LogP contribution in [0.2, 0.25) is 0 Å². The van der Waals surface area contributed by atoms with Crippen molar-refractivity contribution < 1.29 is 24.5 Å². The zero-order chi connectivity index (χ0) is 12.5. The van der Waals surface area contributed by atoms with Crippen LogP contribution >= 0.6 is 0 Å². The molecule has 0 bridgehead atoms. The first-order valence-electron chi connectivity index (χ1n) is 4.33. The number of carboxylic acids is 2. The first-order valence-corrected chi connectivity index (χ1v) is 4.33. The molecule has 0 atom stereocenters. The summed E-state index contributed by atoms with van der Waals surface area (Å²) in [7, 11) is 1.29.